The number of rotatable bonds is 4. The molecule has 102 valence electrons. The van der Waals surface area contributed by atoms with Crippen molar-refractivity contribution >= 4 is 28.5 Å². The van der Waals surface area contributed by atoms with E-state index in [4.69, 9.17) is 16.0 Å². The van der Waals surface area contributed by atoms with E-state index in [-0.39, 0.29) is 5.91 Å². The lowest BCUT2D eigenvalue weighted by atomic mass is 10.1. The summed E-state index contributed by atoms with van der Waals surface area (Å²) in [5, 5.41) is 4.30. The van der Waals surface area contributed by atoms with Gasteiger partial charge in [-0.05, 0) is 25.3 Å². The number of halogens is 1. The summed E-state index contributed by atoms with van der Waals surface area (Å²) >= 11 is 6.07. The van der Waals surface area contributed by atoms with Gasteiger partial charge in [0.05, 0.1) is 5.02 Å². The molecule has 2 aromatic rings. The number of nitrogens with one attached hydrogen (secondary N) is 1. The van der Waals surface area contributed by atoms with Crippen molar-refractivity contribution in [2.24, 2.45) is 5.92 Å². The monoisotopic (exact) mass is 279 g/mol. The maximum Gasteiger partial charge on any atom is 0.287 e. The fraction of sp³-hybridized carbons (Fsp3) is 0.400. The zero-order chi connectivity index (χ0) is 14.0. The standard InChI is InChI=1S/C15H18ClNO2/c1-9(2)7-8-17-15(18)13-10(3)11-5-4-6-12(16)14(11)19-13/h4-6,9H,7-8H2,1-3H3,(H,17,18). The SMILES string of the molecule is Cc1c(C(=O)NCCC(C)C)oc2c(Cl)cccc12. The summed E-state index contributed by atoms with van der Waals surface area (Å²) in [6.07, 6.45) is 0.950. The van der Waals surface area contributed by atoms with Gasteiger partial charge < -0.3 is 9.73 Å². The number of fused-ring (bicyclic) bond motifs is 1. The van der Waals surface area contributed by atoms with Gasteiger partial charge in [-0.15, -0.1) is 0 Å². The van der Waals surface area contributed by atoms with Crippen LogP contribution in [0.15, 0.2) is 22.6 Å². The van der Waals surface area contributed by atoms with Crippen molar-refractivity contribution < 1.29 is 9.21 Å². The average Bonchev–Trinajstić information content (AvgIpc) is 2.68. The summed E-state index contributed by atoms with van der Waals surface area (Å²) in [4.78, 5) is 12.1. The van der Waals surface area contributed by atoms with Gasteiger partial charge in [-0.1, -0.05) is 37.6 Å². The first-order valence-corrected chi connectivity index (χ1v) is 6.84. The summed E-state index contributed by atoms with van der Waals surface area (Å²) in [6.45, 7) is 6.77. The zero-order valence-corrected chi connectivity index (χ0v) is 12.2. The molecule has 4 heteroatoms. The molecule has 0 aliphatic carbocycles. The highest BCUT2D eigenvalue weighted by Crippen LogP contribution is 2.30. The fourth-order valence-electron chi connectivity index (χ4n) is 1.98. The van der Waals surface area contributed by atoms with Crippen LogP contribution in [0.2, 0.25) is 5.02 Å². The molecule has 0 saturated carbocycles. The molecule has 19 heavy (non-hydrogen) atoms. The minimum absolute atomic E-state index is 0.176. The molecular weight excluding hydrogens is 262 g/mol. The molecule has 1 aromatic carbocycles. The first-order valence-electron chi connectivity index (χ1n) is 6.46. The smallest absolute Gasteiger partial charge is 0.287 e. The van der Waals surface area contributed by atoms with Gasteiger partial charge >= 0.3 is 0 Å². The molecule has 0 aliphatic heterocycles. The van der Waals surface area contributed by atoms with Gasteiger partial charge in [0.2, 0.25) is 0 Å². The van der Waals surface area contributed by atoms with E-state index in [9.17, 15) is 4.79 Å². The molecule has 0 bridgehead atoms. The van der Waals surface area contributed by atoms with Crippen LogP contribution in [0.5, 0.6) is 0 Å². The number of furan rings is 1. The van der Waals surface area contributed by atoms with Gasteiger partial charge in [0.25, 0.3) is 5.91 Å². The van der Waals surface area contributed by atoms with Gasteiger partial charge in [-0.2, -0.15) is 0 Å². The number of carbonyl (C=O) groups excluding carboxylic acids is 1. The molecule has 1 N–H and O–H groups in total. The summed E-state index contributed by atoms with van der Waals surface area (Å²) in [6, 6.07) is 5.52. The van der Waals surface area contributed by atoms with E-state index in [1.54, 1.807) is 6.07 Å². The number of hydrogen-bond donors (Lipinski definition) is 1. The van der Waals surface area contributed by atoms with Crippen LogP contribution in [0.1, 0.15) is 36.4 Å². The molecular formula is C15H18ClNO2. The highest BCUT2D eigenvalue weighted by molar-refractivity contribution is 6.35. The summed E-state index contributed by atoms with van der Waals surface area (Å²) in [7, 11) is 0. The number of carbonyl (C=O) groups is 1. The second kappa shape index (κ2) is 5.66. The Morgan fingerprint density at radius 2 is 2.16 bits per heavy atom. The third kappa shape index (κ3) is 2.92. The minimum atomic E-state index is -0.176. The summed E-state index contributed by atoms with van der Waals surface area (Å²) in [5.41, 5.74) is 1.41. The van der Waals surface area contributed by atoms with Gasteiger partial charge in [0, 0.05) is 17.5 Å². The number of hydrogen-bond acceptors (Lipinski definition) is 2. The van der Waals surface area contributed by atoms with Crippen LogP contribution in [0.4, 0.5) is 0 Å². The fourth-order valence-corrected chi connectivity index (χ4v) is 2.19. The molecule has 0 saturated heterocycles. The maximum absolute atomic E-state index is 12.1. The largest absolute Gasteiger partial charge is 0.449 e. The van der Waals surface area contributed by atoms with Crippen molar-refractivity contribution in [2.45, 2.75) is 27.2 Å². The number of aryl methyl sites for hydroxylation is 1. The van der Waals surface area contributed by atoms with Gasteiger partial charge in [-0.25, -0.2) is 0 Å². The van der Waals surface area contributed by atoms with E-state index < -0.39 is 0 Å². The van der Waals surface area contributed by atoms with Gasteiger partial charge in [-0.3, -0.25) is 4.79 Å². The van der Waals surface area contributed by atoms with E-state index >= 15 is 0 Å². The Kier molecular flexibility index (Phi) is 4.15. The van der Waals surface area contributed by atoms with Crippen LogP contribution >= 0.6 is 11.6 Å². The van der Waals surface area contributed by atoms with E-state index in [2.05, 4.69) is 19.2 Å². The Hall–Kier alpha value is -1.48. The number of benzene rings is 1. The van der Waals surface area contributed by atoms with E-state index in [0.717, 1.165) is 17.4 Å². The quantitative estimate of drug-likeness (QED) is 0.913. The molecule has 0 fully saturated rings. The second-order valence-electron chi connectivity index (χ2n) is 5.11. The Morgan fingerprint density at radius 1 is 1.42 bits per heavy atom. The molecule has 0 aliphatic rings. The lowest BCUT2D eigenvalue weighted by Gasteiger charge is -2.05. The average molecular weight is 280 g/mol. The predicted molar refractivity (Wildman–Crippen MR) is 77.7 cm³/mol. The van der Waals surface area contributed by atoms with Crippen LogP contribution in [0, 0.1) is 12.8 Å². The van der Waals surface area contributed by atoms with Crippen molar-refractivity contribution in [3.63, 3.8) is 0 Å². The molecule has 0 radical (unpaired) electrons. The first-order chi connectivity index (χ1) is 9.00. The Bertz CT molecular complexity index is 601. The summed E-state index contributed by atoms with van der Waals surface area (Å²) in [5.74, 6) is 0.740. The lowest BCUT2D eigenvalue weighted by molar-refractivity contribution is 0.0925. The first kappa shape index (κ1) is 13.9. The Labute approximate surface area is 117 Å². The van der Waals surface area contributed by atoms with E-state index in [1.807, 2.05) is 19.1 Å². The highest BCUT2D eigenvalue weighted by atomic mass is 35.5. The molecule has 0 atom stereocenters. The van der Waals surface area contributed by atoms with Crippen molar-refractivity contribution in [3.05, 3.63) is 34.5 Å². The Morgan fingerprint density at radius 3 is 2.79 bits per heavy atom. The minimum Gasteiger partial charge on any atom is -0.449 e. The third-order valence-electron chi connectivity index (χ3n) is 3.13. The van der Waals surface area contributed by atoms with Gasteiger partial charge in [0.1, 0.15) is 0 Å². The van der Waals surface area contributed by atoms with Crippen molar-refractivity contribution in [1.29, 1.82) is 0 Å². The van der Waals surface area contributed by atoms with Crippen LogP contribution in [0.25, 0.3) is 11.0 Å². The molecule has 2 rings (SSSR count). The topological polar surface area (TPSA) is 42.2 Å². The van der Waals surface area contributed by atoms with Crippen molar-refractivity contribution in [3.8, 4) is 0 Å². The predicted octanol–water partition coefficient (Wildman–Crippen LogP) is 4.17. The number of amides is 1. The molecule has 0 spiro atoms. The molecule has 1 amide bonds. The molecule has 0 unspecified atom stereocenters. The maximum atomic E-state index is 12.1. The van der Waals surface area contributed by atoms with E-state index in [1.165, 1.54) is 0 Å². The van der Waals surface area contributed by atoms with E-state index in [0.29, 0.717) is 28.8 Å². The van der Waals surface area contributed by atoms with Crippen LogP contribution in [0.3, 0.4) is 0 Å². The normalized spacial score (nSPS) is 11.2. The number of para-hydroxylation sites is 1. The zero-order valence-electron chi connectivity index (χ0n) is 11.4. The second-order valence-corrected chi connectivity index (χ2v) is 5.52. The lowest BCUT2D eigenvalue weighted by Crippen LogP contribution is -2.25. The van der Waals surface area contributed by atoms with Gasteiger partial charge in [0.15, 0.2) is 11.3 Å². The summed E-state index contributed by atoms with van der Waals surface area (Å²) < 4.78 is 5.60. The van der Waals surface area contributed by atoms with Crippen molar-refractivity contribution in [2.75, 3.05) is 6.54 Å². The van der Waals surface area contributed by atoms with Crippen LogP contribution in [-0.4, -0.2) is 12.5 Å². The van der Waals surface area contributed by atoms with Crippen LogP contribution in [-0.2, 0) is 0 Å². The highest BCUT2D eigenvalue weighted by Gasteiger charge is 2.18. The molecule has 1 aromatic heterocycles. The van der Waals surface area contributed by atoms with Crippen LogP contribution < -0.4 is 5.32 Å². The molecule has 1 heterocycles. The van der Waals surface area contributed by atoms with Crippen molar-refractivity contribution in [1.82, 2.24) is 5.32 Å². The Balaban J connectivity index is 2.23. The third-order valence-corrected chi connectivity index (χ3v) is 3.43. The molecule has 3 nitrogen and oxygen atoms in total.